The zero-order chi connectivity index (χ0) is 28.7. The van der Waals surface area contributed by atoms with Crippen LogP contribution in [0.1, 0.15) is 32.4 Å². The maximum Gasteiger partial charge on any atom is 0.242 e. The second-order valence-corrected chi connectivity index (χ2v) is 12.2. The molecule has 4 rings (SSSR count). The summed E-state index contributed by atoms with van der Waals surface area (Å²) in [7, 11) is -2.34. The van der Waals surface area contributed by atoms with E-state index in [0.29, 0.717) is 43.1 Å². The summed E-state index contributed by atoms with van der Waals surface area (Å²) in [6.45, 7) is 4.59. The van der Waals surface area contributed by atoms with Crippen LogP contribution in [0.4, 0.5) is 0 Å². The lowest BCUT2D eigenvalue weighted by molar-refractivity contribution is -0.136. The fraction of sp³-hybridized carbons (Fsp3) is 0.464. The number of hydrogen-bond acceptors (Lipinski definition) is 8. The van der Waals surface area contributed by atoms with Gasteiger partial charge in [0, 0.05) is 39.0 Å². The molecule has 1 N–H and O–H groups in total. The molecule has 0 unspecified atom stereocenters. The highest BCUT2D eigenvalue weighted by Crippen LogP contribution is 2.25. The first-order chi connectivity index (χ1) is 19.2. The number of aryl methyl sites for hydroxylation is 1. The van der Waals surface area contributed by atoms with Gasteiger partial charge in [0.1, 0.15) is 17.2 Å². The molecule has 12 heteroatoms. The second-order valence-electron chi connectivity index (χ2n) is 10.2. The number of aromatic nitrogens is 3. The summed E-state index contributed by atoms with van der Waals surface area (Å²) in [6.07, 6.45) is 2.10. The Morgan fingerprint density at radius 1 is 1.15 bits per heavy atom. The highest BCUT2D eigenvalue weighted by Gasteiger charge is 2.31. The van der Waals surface area contributed by atoms with Gasteiger partial charge < -0.3 is 19.5 Å². The minimum atomic E-state index is -3.85. The van der Waals surface area contributed by atoms with Crippen LogP contribution in [0.5, 0.6) is 11.5 Å². The van der Waals surface area contributed by atoms with Crippen molar-refractivity contribution >= 4 is 15.9 Å². The fourth-order valence-corrected chi connectivity index (χ4v) is 5.71. The highest BCUT2D eigenvalue weighted by molar-refractivity contribution is 7.89. The Bertz CT molecular complexity index is 1350. The van der Waals surface area contributed by atoms with Gasteiger partial charge in [-0.2, -0.15) is 4.31 Å². The van der Waals surface area contributed by atoms with Gasteiger partial charge in [-0.25, -0.2) is 8.42 Å². The minimum Gasteiger partial charge on any atom is -0.457 e. The number of rotatable bonds is 8. The number of aliphatic hydroxyl groups excluding tert-OH is 1. The number of carbonyl (C=O) groups is 1. The Morgan fingerprint density at radius 2 is 1.85 bits per heavy atom. The zero-order valence-corrected chi connectivity index (χ0v) is 23.9. The van der Waals surface area contributed by atoms with Crippen LogP contribution in [-0.4, -0.2) is 82.5 Å². The molecule has 0 aliphatic carbocycles. The maximum atomic E-state index is 13.5. The first-order valence-corrected chi connectivity index (χ1v) is 14.8. The predicted molar refractivity (Wildman–Crippen MR) is 148 cm³/mol. The molecule has 0 fully saturated rings. The number of likely N-dealkylation sites (N-methyl/N-ethyl adjacent to an activating group) is 1. The van der Waals surface area contributed by atoms with Crippen LogP contribution in [0.2, 0.25) is 0 Å². The molecule has 216 valence electrons. The van der Waals surface area contributed by atoms with E-state index in [9.17, 15) is 18.3 Å². The van der Waals surface area contributed by atoms with E-state index in [1.165, 1.54) is 23.5 Å². The molecule has 40 heavy (non-hydrogen) atoms. The molecule has 1 aliphatic heterocycles. The number of carbonyl (C=O) groups excluding carboxylic acids is 1. The lowest BCUT2D eigenvalue weighted by Gasteiger charge is -2.35. The van der Waals surface area contributed by atoms with Gasteiger partial charge in [-0.05, 0) is 49.7 Å². The van der Waals surface area contributed by atoms with Crippen LogP contribution in [0, 0.1) is 5.92 Å². The number of amides is 1. The molecular weight excluding hydrogens is 534 g/mol. The average molecular weight is 572 g/mol. The Morgan fingerprint density at radius 3 is 2.55 bits per heavy atom. The molecule has 1 aliphatic rings. The quantitative estimate of drug-likeness (QED) is 0.437. The highest BCUT2D eigenvalue weighted by atomic mass is 32.2. The first-order valence-electron chi connectivity index (χ1n) is 13.4. The van der Waals surface area contributed by atoms with E-state index in [-0.39, 0.29) is 42.5 Å². The minimum absolute atomic E-state index is 0.0510. The third-order valence-corrected chi connectivity index (χ3v) is 8.83. The van der Waals surface area contributed by atoms with Crippen molar-refractivity contribution in [3.63, 3.8) is 0 Å². The molecule has 1 aromatic heterocycles. The van der Waals surface area contributed by atoms with Gasteiger partial charge in [-0.3, -0.25) is 9.48 Å². The molecule has 0 radical (unpaired) electrons. The maximum absolute atomic E-state index is 13.5. The third kappa shape index (κ3) is 7.45. The largest absolute Gasteiger partial charge is 0.457 e. The van der Waals surface area contributed by atoms with Crippen molar-refractivity contribution in [2.45, 2.75) is 56.9 Å². The summed E-state index contributed by atoms with van der Waals surface area (Å²) < 4.78 is 41.9. The number of benzene rings is 2. The number of ether oxygens (including phenoxy) is 2. The van der Waals surface area contributed by atoms with Crippen molar-refractivity contribution in [2.75, 3.05) is 26.7 Å². The van der Waals surface area contributed by atoms with Crippen LogP contribution in [0.3, 0.4) is 0 Å². The van der Waals surface area contributed by atoms with Gasteiger partial charge >= 0.3 is 0 Å². The number of sulfonamides is 1. The van der Waals surface area contributed by atoms with E-state index in [1.807, 2.05) is 37.3 Å². The molecule has 0 spiro atoms. The van der Waals surface area contributed by atoms with E-state index in [1.54, 1.807) is 34.8 Å². The Labute approximate surface area is 235 Å². The fourth-order valence-electron chi connectivity index (χ4n) is 4.53. The predicted octanol–water partition coefficient (Wildman–Crippen LogP) is 2.92. The number of aliphatic hydroxyl groups is 1. The summed E-state index contributed by atoms with van der Waals surface area (Å²) in [5, 5.41) is 18.0. The number of hydrogen-bond donors (Lipinski definition) is 1. The van der Waals surface area contributed by atoms with E-state index >= 15 is 0 Å². The van der Waals surface area contributed by atoms with Crippen molar-refractivity contribution in [1.29, 1.82) is 0 Å². The van der Waals surface area contributed by atoms with Crippen molar-refractivity contribution in [3.05, 3.63) is 66.5 Å². The van der Waals surface area contributed by atoms with Gasteiger partial charge in [0.2, 0.25) is 15.9 Å². The van der Waals surface area contributed by atoms with Crippen LogP contribution in [0.15, 0.2) is 65.7 Å². The Kier molecular flexibility index (Phi) is 9.90. The number of para-hydroxylation sites is 1. The zero-order valence-electron chi connectivity index (χ0n) is 23.1. The Balaban J connectivity index is 1.51. The summed E-state index contributed by atoms with van der Waals surface area (Å²) in [4.78, 5) is 14.8. The molecule has 11 nitrogen and oxygen atoms in total. The molecule has 1 amide bonds. The summed E-state index contributed by atoms with van der Waals surface area (Å²) in [5.74, 6) is 0.858. The average Bonchev–Trinajstić information content (AvgIpc) is 3.41. The first kappa shape index (κ1) is 29.7. The van der Waals surface area contributed by atoms with Crippen LogP contribution < -0.4 is 4.74 Å². The molecule has 3 atom stereocenters. The van der Waals surface area contributed by atoms with Crippen molar-refractivity contribution in [3.8, 4) is 11.5 Å². The number of fused-ring (bicyclic) bond motifs is 2. The van der Waals surface area contributed by atoms with Crippen LogP contribution in [-0.2, 0) is 32.7 Å². The number of nitrogens with zero attached hydrogens (tertiary/aromatic N) is 5. The van der Waals surface area contributed by atoms with Crippen molar-refractivity contribution in [2.24, 2.45) is 5.92 Å². The molecule has 2 heterocycles. The lowest BCUT2D eigenvalue weighted by atomic mass is 10.0. The standard InChI is InChI=1S/C28H37N5O6S/c1-21-16-33(22(2)19-34)28(35)10-7-15-32-17-23(29-30-32)20-38-27(21)18-31(3)40(36,37)26-13-11-25(12-14-26)39-24-8-5-4-6-9-24/h4-6,8-9,11-14,17,21-22,27,34H,7,10,15-16,18-20H2,1-3H3/t21-,22-,27-/m1/s1. The molecule has 0 saturated heterocycles. The van der Waals surface area contributed by atoms with Gasteiger partial charge in [-0.15, -0.1) is 5.10 Å². The third-order valence-electron chi connectivity index (χ3n) is 6.99. The molecule has 2 aromatic carbocycles. The van der Waals surface area contributed by atoms with Gasteiger partial charge in [0.05, 0.1) is 36.5 Å². The second kappa shape index (κ2) is 13.4. The molecular formula is C28H37N5O6S. The van der Waals surface area contributed by atoms with Gasteiger partial charge in [-0.1, -0.05) is 30.3 Å². The Hall–Kier alpha value is -3.32. The van der Waals surface area contributed by atoms with Crippen LogP contribution >= 0.6 is 0 Å². The molecule has 3 aromatic rings. The smallest absolute Gasteiger partial charge is 0.242 e. The van der Waals surface area contributed by atoms with E-state index < -0.39 is 16.1 Å². The van der Waals surface area contributed by atoms with E-state index in [2.05, 4.69) is 10.3 Å². The van der Waals surface area contributed by atoms with Gasteiger partial charge in [0.25, 0.3) is 0 Å². The van der Waals surface area contributed by atoms with E-state index in [4.69, 9.17) is 9.47 Å². The molecule has 0 saturated carbocycles. The normalized spacial score (nSPS) is 19.9. The lowest BCUT2D eigenvalue weighted by Crippen LogP contribution is -2.47. The topological polar surface area (TPSA) is 127 Å². The SMILES string of the molecule is C[C@@H]1CN([C@H](C)CO)C(=O)CCCn2cc(nn2)CO[C@@H]1CN(C)S(=O)(=O)c1ccc(Oc2ccccc2)cc1. The summed E-state index contributed by atoms with van der Waals surface area (Å²) in [6, 6.07) is 15.1. The summed E-state index contributed by atoms with van der Waals surface area (Å²) in [5.41, 5.74) is 0.628. The monoisotopic (exact) mass is 571 g/mol. The summed E-state index contributed by atoms with van der Waals surface area (Å²) >= 11 is 0. The van der Waals surface area contributed by atoms with E-state index in [0.717, 1.165) is 0 Å². The molecule has 2 bridgehead atoms. The van der Waals surface area contributed by atoms with Crippen molar-refractivity contribution in [1.82, 2.24) is 24.2 Å². The van der Waals surface area contributed by atoms with Gasteiger partial charge in [0.15, 0.2) is 0 Å². The van der Waals surface area contributed by atoms with Crippen molar-refractivity contribution < 1.29 is 27.8 Å². The van der Waals surface area contributed by atoms with Crippen LogP contribution in [0.25, 0.3) is 0 Å².